The molecule has 1 aromatic rings. The van der Waals surface area contributed by atoms with Crippen LogP contribution in [0.15, 0.2) is 30.3 Å². The number of hydrogen-bond acceptors (Lipinski definition) is 3. The minimum absolute atomic E-state index is 0. The summed E-state index contributed by atoms with van der Waals surface area (Å²) in [6, 6.07) is 8.99. The zero-order chi connectivity index (χ0) is 13.7. The molecule has 0 fully saturated rings. The van der Waals surface area contributed by atoms with E-state index < -0.39 is 0 Å². The number of hydrogen-bond donors (Lipinski definition) is 0. The summed E-state index contributed by atoms with van der Waals surface area (Å²) >= 11 is 0. The van der Waals surface area contributed by atoms with Gasteiger partial charge in [-0.15, -0.1) is 0 Å². The van der Waals surface area contributed by atoms with Crippen LogP contribution < -0.4 is 4.52 Å². The molecule has 0 aliphatic heterocycles. The highest BCUT2D eigenvalue weighted by atomic mass is 31.1. The minimum Gasteiger partial charge on any atom is -0.408 e. The summed E-state index contributed by atoms with van der Waals surface area (Å²) in [6.07, 6.45) is 0. The molecule has 0 spiro atoms. The fourth-order valence-electron chi connectivity index (χ4n) is 0.524. The number of para-hydroxylation sites is 1. The van der Waals surface area contributed by atoms with Crippen LogP contribution in [0.1, 0.15) is 56.9 Å². The van der Waals surface area contributed by atoms with Crippen molar-refractivity contribution < 1.29 is 13.7 Å². The van der Waals surface area contributed by atoms with Crippen molar-refractivity contribution in [1.29, 1.82) is 0 Å². The molecule has 1 rings (SSSR count). The fraction of sp³-hybridized carbons (Fsp3) is 0.600. The molecular formula is C15H32O3P2. The Kier molecular flexibility index (Phi) is 32.4. The lowest BCUT2D eigenvalue weighted by Gasteiger charge is -2.01. The smallest absolute Gasteiger partial charge is 0.395 e. The van der Waals surface area contributed by atoms with Crippen molar-refractivity contribution in [3.05, 3.63) is 30.3 Å². The molecule has 0 N–H and O–H groups in total. The van der Waals surface area contributed by atoms with Crippen LogP contribution in [-0.4, -0.2) is 5.16 Å². The van der Waals surface area contributed by atoms with E-state index in [0.717, 1.165) is 0 Å². The van der Waals surface area contributed by atoms with E-state index in [1.54, 1.807) is 12.1 Å². The maximum atomic E-state index is 9.92. The minimum atomic E-state index is -0.305. The van der Waals surface area contributed by atoms with Crippen LogP contribution >= 0.6 is 17.1 Å². The molecule has 5 heteroatoms. The Morgan fingerprint density at radius 2 is 1.25 bits per heavy atom. The molecule has 0 saturated carbocycles. The molecule has 0 bridgehead atoms. The number of benzene rings is 1. The van der Waals surface area contributed by atoms with E-state index in [2.05, 4.69) is 4.52 Å². The van der Waals surface area contributed by atoms with Gasteiger partial charge in [-0.3, -0.25) is 4.57 Å². The summed E-state index contributed by atoms with van der Waals surface area (Å²) in [4.78, 5) is 0. The van der Waals surface area contributed by atoms with Crippen LogP contribution in [0.25, 0.3) is 0 Å². The van der Waals surface area contributed by atoms with Gasteiger partial charge in [0.05, 0.1) is 0 Å². The van der Waals surface area contributed by atoms with Crippen molar-refractivity contribution in [2.24, 2.45) is 0 Å². The van der Waals surface area contributed by atoms with Crippen LogP contribution in [0.2, 0.25) is 0 Å². The Labute approximate surface area is 129 Å². The summed E-state index contributed by atoms with van der Waals surface area (Å²) in [7, 11) is -0.0805. The van der Waals surface area contributed by atoms with Crippen molar-refractivity contribution in [2.45, 2.75) is 62.1 Å². The summed E-state index contributed by atoms with van der Waals surface area (Å²) < 4.78 is 24.4. The van der Waals surface area contributed by atoms with Crippen LogP contribution in [0.4, 0.5) is 0 Å². The van der Waals surface area contributed by atoms with Gasteiger partial charge in [0.1, 0.15) is 5.75 Å². The lowest BCUT2D eigenvalue weighted by atomic mass is 10.3. The monoisotopic (exact) mass is 322 g/mol. The van der Waals surface area contributed by atoms with E-state index in [0.29, 0.717) is 5.75 Å². The maximum Gasteiger partial charge on any atom is 0.395 e. The van der Waals surface area contributed by atoms with E-state index in [1.165, 1.54) is 0 Å². The van der Waals surface area contributed by atoms with Crippen LogP contribution in [0.3, 0.4) is 0 Å². The Bertz CT molecular complexity index is 296. The molecule has 0 aliphatic rings. The average molecular weight is 322 g/mol. The standard InChI is InChI=1S/C6H5O2P.C4H9OP.C2H6.3CH4/c7-9-8-6-4-2-1-3-5-6;1-4(2,3)6-5;1-2;;;/h1-5H;1-3H3;1-2H3;3*1H4. The van der Waals surface area contributed by atoms with Crippen molar-refractivity contribution in [3.63, 3.8) is 0 Å². The van der Waals surface area contributed by atoms with E-state index in [4.69, 9.17) is 0 Å². The first kappa shape index (κ1) is 31.6. The highest BCUT2D eigenvalue weighted by molar-refractivity contribution is 7.25. The van der Waals surface area contributed by atoms with Crippen molar-refractivity contribution in [2.75, 3.05) is 0 Å². The SMILES string of the molecule is C.C.C.CC.CC(C)(C)P=O.O=POc1ccccc1. The molecule has 3 nitrogen and oxygen atoms in total. The average Bonchev–Trinajstić information content (AvgIpc) is 2.33. The van der Waals surface area contributed by atoms with E-state index in [9.17, 15) is 9.13 Å². The first-order chi connectivity index (χ1) is 7.99. The highest BCUT2D eigenvalue weighted by Gasteiger charge is 2.06. The molecule has 0 aliphatic carbocycles. The van der Waals surface area contributed by atoms with Gasteiger partial charge in [0.25, 0.3) is 0 Å². The normalized spacial score (nSPS) is 8.25. The molecule has 0 radical (unpaired) electrons. The molecule has 0 atom stereocenters. The second kappa shape index (κ2) is 20.5. The molecule has 0 unspecified atom stereocenters. The summed E-state index contributed by atoms with van der Waals surface area (Å²) in [5.41, 5.74) is 0. The Hall–Kier alpha value is -0.780. The molecular weight excluding hydrogens is 290 g/mol. The first-order valence-corrected chi connectivity index (χ1v) is 6.93. The van der Waals surface area contributed by atoms with Crippen LogP contribution in [-0.2, 0) is 9.13 Å². The van der Waals surface area contributed by atoms with Gasteiger partial charge >= 0.3 is 8.69 Å². The zero-order valence-corrected chi connectivity index (χ0v) is 12.8. The number of rotatable bonds is 2. The first-order valence-electron chi connectivity index (χ1n) is 5.39. The summed E-state index contributed by atoms with van der Waals surface area (Å²) in [5, 5.41) is -0.0417. The predicted octanol–water partition coefficient (Wildman–Crippen LogP) is 7.28. The molecule has 0 aromatic heterocycles. The zero-order valence-electron chi connectivity index (χ0n) is 11.0. The maximum absolute atomic E-state index is 9.92. The van der Waals surface area contributed by atoms with E-state index in [-0.39, 0.29) is 44.6 Å². The predicted molar refractivity (Wildman–Crippen MR) is 93.6 cm³/mol. The quantitative estimate of drug-likeness (QED) is 0.537. The Morgan fingerprint density at radius 1 is 0.900 bits per heavy atom. The van der Waals surface area contributed by atoms with Gasteiger partial charge in [-0.05, 0) is 32.9 Å². The van der Waals surface area contributed by atoms with Crippen molar-refractivity contribution in [3.8, 4) is 5.75 Å². The second-order valence-electron chi connectivity index (χ2n) is 3.74. The second-order valence-corrected chi connectivity index (χ2v) is 5.60. The molecule has 0 saturated heterocycles. The van der Waals surface area contributed by atoms with Crippen LogP contribution in [0, 0.1) is 0 Å². The highest BCUT2D eigenvalue weighted by Crippen LogP contribution is 2.18. The summed E-state index contributed by atoms with van der Waals surface area (Å²) in [6.45, 7) is 9.75. The summed E-state index contributed by atoms with van der Waals surface area (Å²) in [5.74, 6) is 0.620. The molecule has 0 amide bonds. The molecule has 1 aromatic carbocycles. The van der Waals surface area contributed by atoms with Gasteiger partial charge in [0.2, 0.25) is 0 Å². The van der Waals surface area contributed by atoms with Gasteiger partial charge in [0, 0.05) is 5.16 Å². The topological polar surface area (TPSA) is 43.4 Å². The third-order valence-corrected chi connectivity index (χ3v) is 1.99. The Balaban J connectivity index is -0.0000000615. The van der Waals surface area contributed by atoms with Gasteiger partial charge in [0.15, 0.2) is 8.46 Å². The van der Waals surface area contributed by atoms with Gasteiger partial charge < -0.3 is 4.52 Å². The van der Waals surface area contributed by atoms with Gasteiger partial charge in [-0.25, -0.2) is 4.57 Å². The van der Waals surface area contributed by atoms with Gasteiger partial charge in [-0.1, -0.05) is 54.3 Å². The third kappa shape index (κ3) is 25.9. The van der Waals surface area contributed by atoms with E-state index >= 15 is 0 Å². The van der Waals surface area contributed by atoms with Gasteiger partial charge in [-0.2, -0.15) is 0 Å². The fourth-order valence-corrected chi connectivity index (χ4v) is 0.732. The molecule has 20 heavy (non-hydrogen) atoms. The van der Waals surface area contributed by atoms with Crippen molar-refractivity contribution in [1.82, 2.24) is 0 Å². The Morgan fingerprint density at radius 3 is 1.50 bits per heavy atom. The van der Waals surface area contributed by atoms with Crippen molar-refractivity contribution >= 4 is 17.1 Å². The lowest BCUT2D eigenvalue weighted by molar-refractivity contribution is 0.525. The molecule has 0 heterocycles. The molecule has 120 valence electrons. The third-order valence-electron chi connectivity index (χ3n) is 1.16. The largest absolute Gasteiger partial charge is 0.408 e. The van der Waals surface area contributed by atoms with E-state index in [1.807, 2.05) is 52.8 Å². The lowest BCUT2D eigenvalue weighted by Crippen LogP contribution is -1.99. The van der Waals surface area contributed by atoms with Crippen LogP contribution in [0.5, 0.6) is 5.75 Å².